The summed E-state index contributed by atoms with van der Waals surface area (Å²) >= 11 is 0. The summed E-state index contributed by atoms with van der Waals surface area (Å²) in [6, 6.07) is 9.21. The van der Waals surface area contributed by atoms with Gasteiger partial charge in [0, 0.05) is 38.4 Å². The van der Waals surface area contributed by atoms with Gasteiger partial charge in [0.1, 0.15) is 0 Å². The first-order valence-corrected chi connectivity index (χ1v) is 6.98. The van der Waals surface area contributed by atoms with Crippen molar-refractivity contribution in [2.45, 2.75) is 25.3 Å². The molecule has 3 amide bonds. The van der Waals surface area contributed by atoms with E-state index in [0.29, 0.717) is 6.54 Å². The van der Waals surface area contributed by atoms with Crippen LogP contribution in [0.3, 0.4) is 0 Å². The summed E-state index contributed by atoms with van der Waals surface area (Å²) in [6.45, 7) is 0.467. The van der Waals surface area contributed by atoms with E-state index < -0.39 is 0 Å². The highest BCUT2D eigenvalue weighted by molar-refractivity contribution is 6.02. The van der Waals surface area contributed by atoms with Gasteiger partial charge in [0.25, 0.3) is 0 Å². The van der Waals surface area contributed by atoms with E-state index in [1.807, 2.05) is 30.3 Å². The molecule has 6 nitrogen and oxygen atoms in total. The second kappa shape index (κ2) is 6.99. The Balaban J connectivity index is 1.73. The van der Waals surface area contributed by atoms with Gasteiger partial charge < -0.3 is 11.1 Å². The minimum Gasteiger partial charge on any atom is -0.354 e. The molecule has 21 heavy (non-hydrogen) atoms. The molecule has 6 heteroatoms. The molecule has 0 bridgehead atoms. The van der Waals surface area contributed by atoms with Crippen molar-refractivity contribution < 1.29 is 14.4 Å². The van der Waals surface area contributed by atoms with Crippen LogP contribution in [-0.4, -0.2) is 35.7 Å². The number of hydrogen-bond donors (Lipinski definition) is 2. The minimum absolute atomic E-state index is 0.110. The first kappa shape index (κ1) is 15.2. The van der Waals surface area contributed by atoms with Crippen LogP contribution < -0.4 is 11.1 Å². The van der Waals surface area contributed by atoms with Gasteiger partial charge >= 0.3 is 0 Å². The summed E-state index contributed by atoms with van der Waals surface area (Å²) < 4.78 is 0. The number of nitrogens with zero attached hydrogens (tertiary/aromatic N) is 1. The maximum absolute atomic E-state index is 11.7. The molecule has 1 atom stereocenters. The fraction of sp³-hybridized carbons (Fsp3) is 0.400. The van der Waals surface area contributed by atoms with E-state index in [1.54, 1.807) is 0 Å². The zero-order valence-corrected chi connectivity index (χ0v) is 11.7. The predicted molar refractivity (Wildman–Crippen MR) is 77.0 cm³/mol. The Morgan fingerprint density at radius 2 is 1.81 bits per heavy atom. The monoisotopic (exact) mass is 289 g/mol. The van der Waals surface area contributed by atoms with Crippen molar-refractivity contribution in [1.82, 2.24) is 10.2 Å². The summed E-state index contributed by atoms with van der Waals surface area (Å²) in [5.74, 6) is -0.614. The smallest absolute Gasteiger partial charge is 0.229 e. The van der Waals surface area contributed by atoms with Crippen LogP contribution in [0.1, 0.15) is 30.9 Å². The molecular formula is C15H19N3O3. The van der Waals surface area contributed by atoms with Crippen LogP contribution in [0.15, 0.2) is 30.3 Å². The average Bonchev–Trinajstić information content (AvgIpc) is 2.82. The van der Waals surface area contributed by atoms with Crippen LogP contribution in [0.5, 0.6) is 0 Å². The molecular weight excluding hydrogens is 270 g/mol. The minimum atomic E-state index is -0.273. The van der Waals surface area contributed by atoms with Crippen LogP contribution in [0, 0.1) is 0 Å². The van der Waals surface area contributed by atoms with Crippen LogP contribution in [-0.2, 0) is 14.4 Å². The van der Waals surface area contributed by atoms with Gasteiger partial charge in [0.05, 0.1) is 0 Å². The van der Waals surface area contributed by atoms with Crippen molar-refractivity contribution in [3.63, 3.8) is 0 Å². The molecule has 3 N–H and O–H groups in total. The van der Waals surface area contributed by atoms with Crippen LogP contribution >= 0.6 is 0 Å². The highest BCUT2D eigenvalue weighted by Crippen LogP contribution is 2.12. The van der Waals surface area contributed by atoms with Gasteiger partial charge in [-0.25, -0.2) is 0 Å². The lowest BCUT2D eigenvalue weighted by Gasteiger charge is -2.15. The van der Waals surface area contributed by atoms with Crippen molar-refractivity contribution in [3.8, 4) is 0 Å². The van der Waals surface area contributed by atoms with Gasteiger partial charge in [-0.05, 0) is 5.56 Å². The highest BCUT2D eigenvalue weighted by Gasteiger charge is 2.28. The van der Waals surface area contributed by atoms with Crippen molar-refractivity contribution in [1.29, 1.82) is 0 Å². The number of rotatable bonds is 6. The molecule has 1 aliphatic rings. The Morgan fingerprint density at radius 1 is 1.19 bits per heavy atom. The topological polar surface area (TPSA) is 92.5 Å². The average molecular weight is 289 g/mol. The van der Waals surface area contributed by atoms with Gasteiger partial charge in [0.2, 0.25) is 17.7 Å². The highest BCUT2D eigenvalue weighted by atomic mass is 16.2. The molecule has 0 aromatic heterocycles. The first-order chi connectivity index (χ1) is 10.1. The number of benzene rings is 1. The zero-order valence-electron chi connectivity index (χ0n) is 11.7. The largest absolute Gasteiger partial charge is 0.354 e. The Morgan fingerprint density at radius 3 is 2.43 bits per heavy atom. The molecule has 1 aromatic carbocycles. The number of carbonyl (C=O) groups is 3. The lowest BCUT2D eigenvalue weighted by Crippen LogP contribution is -2.36. The Bertz CT molecular complexity index is 514. The van der Waals surface area contributed by atoms with Crippen molar-refractivity contribution in [3.05, 3.63) is 35.9 Å². The summed E-state index contributed by atoms with van der Waals surface area (Å²) in [5, 5.41) is 2.72. The molecule has 1 unspecified atom stereocenters. The summed E-state index contributed by atoms with van der Waals surface area (Å²) in [7, 11) is 0. The number of nitrogens with one attached hydrogen (secondary N) is 1. The number of carbonyl (C=O) groups excluding carboxylic acids is 3. The zero-order chi connectivity index (χ0) is 15.2. The normalized spacial score (nSPS) is 16.1. The van der Waals surface area contributed by atoms with Crippen LogP contribution in [0.2, 0.25) is 0 Å². The molecule has 1 heterocycles. The van der Waals surface area contributed by atoms with Crippen molar-refractivity contribution in [2.75, 3.05) is 13.1 Å². The van der Waals surface area contributed by atoms with E-state index in [-0.39, 0.29) is 49.6 Å². The lowest BCUT2D eigenvalue weighted by molar-refractivity contribution is -0.138. The van der Waals surface area contributed by atoms with E-state index in [9.17, 15) is 14.4 Å². The molecule has 1 aromatic rings. The van der Waals surface area contributed by atoms with Gasteiger partial charge in [-0.1, -0.05) is 30.3 Å². The van der Waals surface area contributed by atoms with E-state index in [2.05, 4.69) is 5.32 Å². The van der Waals surface area contributed by atoms with Gasteiger partial charge in [0.15, 0.2) is 0 Å². The fourth-order valence-corrected chi connectivity index (χ4v) is 2.22. The maximum Gasteiger partial charge on any atom is 0.229 e. The quantitative estimate of drug-likeness (QED) is 0.739. The van der Waals surface area contributed by atoms with Crippen molar-refractivity contribution in [2.24, 2.45) is 5.73 Å². The second-order valence-electron chi connectivity index (χ2n) is 5.01. The molecule has 112 valence electrons. The molecule has 2 rings (SSSR count). The third-order valence-electron chi connectivity index (χ3n) is 3.46. The standard InChI is InChI=1S/C15H19N3O3/c16-12(11-4-2-1-3-5-11)10-17-13(19)8-9-18-14(20)6-7-15(18)21/h1-5,12H,6-10,16H2,(H,17,19). The molecule has 0 saturated carbocycles. The lowest BCUT2D eigenvalue weighted by atomic mass is 10.1. The third kappa shape index (κ3) is 4.13. The van der Waals surface area contributed by atoms with E-state index in [0.717, 1.165) is 10.5 Å². The Kier molecular flexibility index (Phi) is 5.05. The SMILES string of the molecule is NC(CNC(=O)CCN1C(=O)CCC1=O)c1ccccc1. The number of amides is 3. The number of imide groups is 1. The van der Waals surface area contributed by atoms with Gasteiger partial charge in [-0.2, -0.15) is 0 Å². The number of nitrogens with two attached hydrogens (primary N) is 1. The van der Waals surface area contributed by atoms with Gasteiger partial charge in [-0.15, -0.1) is 0 Å². The second-order valence-corrected chi connectivity index (χ2v) is 5.01. The molecule has 1 aliphatic heterocycles. The maximum atomic E-state index is 11.7. The van der Waals surface area contributed by atoms with Crippen LogP contribution in [0.25, 0.3) is 0 Å². The van der Waals surface area contributed by atoms with E-state index in [1.165, 1.54) is 0 Å². The molecule has 1 saturated heterocycles. The summed E-state index contributed by atoms with van der Waals surface area (Å²) in [4.78, 5) is 35.7. The van der Waals surface area contributed by atoms with Crippen molar-refractivity contribution >= 4 is 17.7 Å². The first-order valence-electron chi connectivity index (χ1n) is 6.98. The van der Waals surface area contributed by atoms with E-state index >= 15 is 0 Å². The predicted octanol–water partition coefficient (Wildman–Crippen LogP) is 0.342. The summed E-state index contributed by atoms with van der Waals surface area (Å²) in [6.07, 6.45) is 0.609. The molecule has 0 radical (unpaired) electrons. The Hall–Kier alpha value is -2.21. The van der Waals surface area contributed by atoms with E-state index in [4.69, 9.17) is 5.73 Å². The third-order valence-corrected chi connectivity index (χ3v) is 3.46. The number of likely N-dealkylation sites (tertiary alicyclic amines) is 1. The van der Waals surface area contributed by atoms with Crippen LogP contribution in [0.4, 0.5) is 0 Å². The number of hydrogen-bond acceptors (Lipinski definition) is 4. The molecule has 0 aliphatic carbocycles. The fourth-order valence-electron chi connectivity index (χ4n) is 2.22. The summed E-state index contributed by atoms with van der Waals surface area (Å²) in [5.41, 5.74) is 6.92. The Labute approximate surface area is 123 Å². The molecule has 1 fully saturated rings. The molecule has 0 spiro atoms. The van der Waals surface area contributed by atoms with Gasteiger partial charge in [-0.3, -0.25) is 19.3 Å².